The highest BCUT2D eigenvalue weighted by atomic mass is 35.5. The zero-order valence-corrected chi connectivity index (χ0v) is 15.2. The van der Waals surface area contributed by atoms with Crippen LogP contribution in [0.25, 0.3) is 0 Å². The minimum atomic E-state index is -0.518. The van der Waals surface area contributed by atoms with Gasteiger partial charge in [-0.15, -0.1) is 0 Å². The molecule has 2 aromatic carbocycles. The normalized spacial score (nSPS) is 13.0. The van der Waals surface area contributed by atoms with Gasteiger partial charge in [0.05, 0.1) is 5.92 Å². The van der Waals surface area contributed by atoms with Gasteiger partial charge in [-0.1, -0.05) is 60.2 Å². The number of ketones is 2. The van der Waals surface area contributed by atoms with Crippen molar-refractivity contribution in [1.82, 2.24) is 0 Å². The van der Waals surface area contributed by atoms with E-state index in [9.17, 15) is 9.59 Å². The number of halogens is 1. The molecule has 1 atom stereocenters. The van der Waals surface area contributed by atoms with Crippen LogP contribution >= 0.6 is 11.6 Å². The summed E-state index contributed by atoms with van der Waals surface area (Å²) in [4.78, 5) is 25.7. The van der Waals surface area contributed by atoms with Crippen LogP contribution in [0, 0.1) is 5.92 Å². The summed E-state index contributed by atoms with van der Waals surface area (Å²) in [5, 5.41) is 0.577. The number of Topliss-reactive ketones (excluding diaryl/α,β-unsaturated/α-hetero) is 2. The van der Waals surface area contributed by atoms with Gasteiger partial charge in [-0.05, 0) is 43.7 Å². The molecule has 0 spiro atoms. The molecule has 2 nitrogen and oxygen atoms in total. The van der Waals surface area contributed by atoms with E-state index < -0.39 is 5.92 Å². The zero-order chi connectivity index (χ0) is 18.2. The molecule has 0 saturated carbocycles. The van der Waals surface area contributed by atoms with Crippen LogP contribution < -0.4 is 0 Å². The molecule has 0 heterocycles. The fraction of sp³-hybridized carbons (Fsp3) is 0.182. The number of hydrogen-bond donors (Lipinski definition) is 0. The minimum absolute atomic E-state index is 0.0447. The maximum Gasteiger partial charge on any atom is 0.170 e. The van der Waals surface area contributed by atoms with E-state index in [1.54, 1.807) is 36.4 Å². The maximum atomic E-state index is 13.0. The van der Waals surface area contributed by atoms with Crippen LogP contribution in [0.15, 0.2) is 78.4 Å². The van der Waals surface area contributed by atoms with Crippen LogP contribution in [0.1, 0.15) is 41.0 Å². The van der Waals surface area contributed by atoms with E-state index in [2.05, 4.69) is 0 Å². The van der Waals surface area contributed by atoms with E-state index in [1.165, 1.54) is 0 Å². The summed E-state index contributed by atoms with van der Waals surface area (Å²) in [7, 11) is 0. The molecule has 25 heavy (non-hydrogen) atoms. The zero-order valence-electron chi connectivity index (χ0n) is 14.4. The molecule has 0 amide bonds. The predicted octanol–water partition coefficient (Wildman–Crippen LogP) is 5.93. The highest BCUT2D eigenvalue weighted by molar-refractivity contribution is 6.30. The molecular weight excluding hydrogens is 332 g/mol. The van der Waals surface area contributed by atoms with Gasteiger partial charge >= 0.3 is 0 Å². The van der Waals surface area contributed by atoms with Crippen molar-refractivity contribution in [2.75, 3.05) is 0 Å². The molecule has 1 unspecified atom stereocenters. The van der Waals surface area contributed by atoms with Crippen molar-refractivity contribution >= 4 is 23.2 Å². The lowest BCUT2D eigenvalue weighted by atomic mass is 9.84. The molecule has 128 valence electrons. The first-order chi connectivity index (χ1) is 12.1. The first kappa shape index (κ1) is 18.9. The predicted molar refractivity (Wildman–Crippen MR) is 103 cm³/mol. The van der Waals surface area contributed by atoms with E-state index in [0.717, 1.165) is 5.57 Å². The molecule has 2 rings (SSSR count). The molecule has 0 bridgehead atoms. The quantitative estimate of drug-likeness (QED) is 0.457. The van der Waals surface area contributed by atoms with Gasteiger partial charge in [0.15, 0.2) is 11.6 Å². The second-order valence-corrected chi connectivity index (χ2v) is 6.14. The lowest BCUT2D eigenvalue weighted by molar-refractivity contribution is 0.0874. The molecule has 0 saturated heterocycles. The standard InChI is InChI=1S/C22H21ClO2/c1-3-8-16(4-2)20(15-21(24)17-9-6-5-7-10-17)22(25)18-11-13-19(23)14-12-18/h3-14,20H,15H2,1-2H3/b8-3-,16-4+. The van der Waals surface area contributed by atoms with Gasteiger partial charge < -0.3 is 0 Å². The Balaban J connectivity index is 2.34. The Hall–Kier alpha value is -2.45. The summed E-state index contributed by atoms with van der Waals surface area (Å²) in [5.74, 6) is -0.640. The lowest BCUT2D eigenvalue weighted by Gasteiger charge is -2.17. The van der Waals surface area contributed by atoms with Gasteiger partial charge in [-0.3, -0.25) is 9.59 Å². The van der Waals surface area contributed by atoms with Crippen molar-refractivity contribution in [1.29, 1.82) is 0 Å². The van der Waals surface area contributed by atoms with Gasteiger partial charge in [0.25, 0.3) is 0 Å². The molecule has 0 fully saturated rings. The highest BCUT2D eigenvalue weighted by Crippen LogP contribution is 2.25. The van der Waals surface area contributed by atoms with Crippen molar-refractivity contribution in [2.24, 2.45) is 5.92 Å². The summed E-state index contributed by atoms with van der Waals surface area (Å²) in [6, 6.07) is 15.9. The third kappa shape index (κ3) is 5.01. The lowest BCUT2D eigenvalue weighted by Crippen LogP contribution is -2.20. The number of rotatable bonds is 7. The topological polar surface area (TPSA) is 34.1 Å². The molecular formula is C22H21ClO2. The Morgan fingerprint density at radius 3 is 2.16 bits per heavy atom. The molecule has 2 aromatic rings. The molecule has 0 aliphatic rings. The largest absolute Gasteiger partial charge is 0.294 e. The average molecular weight is 353 g/mol. The molecule has 0 N–H and O–H groups in total. The van der Waals surface area contributed by atoms with Crippen molar-refractivity contribution < 1.29 is 9.59 Å². The summed E-state index contributed by atoms with van der Waals surface area (Å²) in [6.45, 7) is 3.77. The van der Waals surface area contributed by atoms with Gasteiger partial charge in [-0.25, -0.2) is 0 Å². The average Bonchev–Trinajstić information content (AvgIpc) is 2.65. The van der Waals surface area contributed by atoms with E-state index in [0.29, 0.717) is 16.1 Å². The summed E-state index contributed by atoms with van der Waals surface area (Å²) < 4.78 is 0. The molecule has 3 heteroatoms. The third-order valence-corrected chi connectivity index (χ3v) is 4.28. The van der Waals surface area contributed by atoms with Crippen molar-refractivity contribution in [3.63, 3.8) is 0 Å². The van der Waals surface area contributed by atoms with Crippen LogP contribution in [0.4, 0.5) is 0 Å². The molecule has 0 radical (unpaired) electrons. The second kappa shape index (κ2) is 9.14. The SMILES string of the molecule is C/C=C\C(=C/C)C(CC(=O)c1ccccc1)C(=O)c1ccc(Cl)cc1. The third-order valence-electron chi connectivity index (χ3n) is 4.03. The maximum absolute atomic E-state index is 13.0. The number of hydrogen-bond acceptors (Lipinski definition) is 2. The number of allylic oxidation sites excluding steroid dienone is 4. The minimum Gasteiger partial charge on any atom is -0.294 e. The van der Waals surface area contributed by atoms with Crippen molar-refractivity contribution in [2.45, 2.75) is 20.3 Å². The Kier molecular flexibility index (Phi) is 6.91. The summed E-state index contributed by atoms with van der Waals surface area (Å²) in [6.07, 6.45) is 5.79. The Bertz CT molecular complexity index is 787. The van der Waals surface area contributed by atoms with Gasteiger partial charge in [0, 0.05) is 22.6 Å². The monoisotopic (exact) mass is 352 g/mol. The van der Waals surface area contributed by atoms with Gasteiger partial charge in [-0.2, -0.15) is 0 Å². The van der Waals surface area contributed by atoms with Crippen LogP contribution in [0.3, 0.4) is 0 Å². The summed E-state index contributed by atoms with van der Waals surface area (Å²) in [5.41, 5.74) is 2.01. The van der Waals surface area contributed by atoms with E-state index >= 15 is 0 Å². The van der Waals surface area contributed by atoms with Crippen molar-refractivity contribution in [3.8, 4) is 0 Å². The Morgan fingerprint density at radius 1 is 0.960 bits per heavy atom. The summed E-state index contributed by atoms with van der Waals surface area (Å²) >= 11 is 5.91. The van der Waals surface area contributed by atoms with Crippen LogP contribution in [-0.4, -0.2) is 11.6 Å². The Morgan fingerprint density at radius 2 is 1.60 bits per heavy atom. The van der Waals surface area contributed by atoms with E-state index in [1.807, 2.05) is 50.3 Å². The van der Waals surface area contributed by atoms with Crippen LogP contribution in [0.5, 0.6) is 0 Å². The second-order valence-electron chi connectivity index (χ2n) is 5.71. The fourth-order valence-corrected chi connectivity index (χ4v) is 2.84. The van der Waals surface area contributed by atoms with E-state index in [4.69, 9.17) is 11.6 Å². The molecule has 0 aliphatic carbocycles. The number of benzene rings is 2. The molecule has 0 aromatic heterocycles. The number of carbonyl (C=O) groups is 2. The van der Waals surface area contributed by atoms with Crippen LogP contribution in [-0.2, 0) is 0 Å². The van der Waals surface area contributed by atoms with Crippen molar-refractivity contribution in [3.05, 3.63) is 94.5 Å². The first-order valence-electron chi connectivity index (χ1n) is 8.23. The van der Waals surface area contributed by atoms with Gasteiger partial charge in [0.1, 0.15) is 0 Å². The van der Waals surface area contributed by atoms with Gasteiger partial charge in [0.2, 0.25) is 0 Å². The fourth-order valence-electron chi connectivity index (χ4n) is 2.71. The highest BCUT2D eigenvalue weighted by Gasteiger charge is 2.25. The van der Waals surface area contributed by atoms with E-state index in [-0.39, 0.29) is 18.0 Å². The van der Waals surface area contributed by atoms with Crippen LogP contribution in [0.2, 0.25) is 5.02 Å². The smallest absolute Gasteiger partial charge is 0.170 e. The Labute approximate surface area is 153 Å². The number of carbonyl (C=O) groups excluding carboxylic acids is 2. The first-order valence-corrected chi connectivity index (χ1v) is 8.61. The molecule has 0 aliphatic heterocycles.